The zero-order valence-corrected chi connectivity index (χ0v) is 17.7. The van der Waals surface area contributed by atoms with Crippen molar-refractivity contribution in [2.24, 2.45) is 0 Å². The third-order valence-electron chi connectivity index (χ3n) is 4.06. The average molecular weight is 427 g/mol. The number of carbonyl (C=O) groups excluding carboxylic acids is 1. The van der Waals surface area contributed by atoms with Crippen LogP contribution in [0.4, 0.5) is 11.4 Å². The molecule has 0 heterocycles. The molecule has 2 aromatic carbocycles. The summed E-state index contributed by atoms with van der Waals surface area (Å²) in [6.45, 7) is 1.74. The number of benzene rings is 2. The molecule has 0 aromatic heterocycles. The normalized spacial score (nSPS) is 12.2. The van der Waals surface area contributed by atoms with Gasteiger partial charge in [0.25, 0.3) is 0 Å². The zero-order chi connectivity index (χ0) is 20.9. The molecular weight excluding hydrogens is 404 g/mol. The molecule has 0 saturated carbocycles. The lowest BCUT2D eigenvalue weighted by Crippen LogP contribution is -2.47. The van der Waals surface area contributed by atoms with Gasteiger partial charge in [-0.25, -0.2) is 8.42 Å². The first kappa shape index (κ1) is 21.8. The molecule has 1 amide bonds. The maximum atomic E-state index is 12.9. The van der Waals surface area contributed by atoms with E-state index in [1.165, 1.54) is 14.2 Å². The third kappa shape index (κ3) is 5.08. The summed E-state index contributed by atoms with van der Waals surface area (Å²) in [7, 11) is -0.761. The number of hydrogen-bond acceptors (Lipinski definition) is 5. The summed E-state index contributed by atoms with van der Waals surface area (Å²) >= 11 is 6.09. The van der Waals surface area contributed by atoms with Crippen LogP contribution >= 0.6 is 11.6 Å². The van der Waals surface area contributed by atoms with Crippen molar-refractivity contribution in [1.82, 2.24) is 0 Å². The highest BCUT2D eigenvalue weighted by Crippen LogP contribution is 2.29. The molecule has 0 aliphatic heterocycles. The highest BCUT2D eigenvalue weighted by Gasteiger charge is 2.31. The monoisotopic (exact) mass is 426 g/mol. The van der Waals surface area contributed by atoms with E-state index in [-0.39, 0.29) is 6.42 Å². The fourth-order valence-electron chi connectivity index (χ4n) is 2.78. The van der Waals surface area contributed by atoms with Gasteiger partial charge in [0.1, 0.15) is 17.5 Å². The fourth-order valence-corrected chi connectivity index (χ4v) is 4.24. The molecule has 28 heavy (non-hydrogen) atoms. The Morgan fingerprint density at radius 3 is 2.43 bits per heavy atom. The number of amides is 1. The number of rotatable bonds is 8. The van der Waals surface area contributed by atoms with Gasteiger partial charge in [-0.2, -0.15) is 0 Å². The van der Waals surface area contributed by atoms with Crippen LogP contribution in [-0.2, 0) is 14.8 Å². The van der Waals surface area contributed by atoms with Gasteiger partial charge in [-0.05, 0) is 36.8 Å². The van der Waals surface area contributed by atoms with Crippen LogP contribution in [-0.4, -0.2) is 40.8 Å². The molecule has 0 aliphatic carbocycles. The molecule has 2 aromatic rings. The molecule has 152 valence electrons. The first-order chi connectivity index (χ1) is 13.2. The Morgan fingerprint density at radius 2 is 1.89 bits per heavy atom. The molecule has 0 unspecified atom stereocenters. The Morgan fingerprint density at radius 1 is 1.18 bits per heavy atom. The number of methoxy groups -OCH3 is 2. The van der Waals surface area contributed by atoms with E-state index in [0.717, 1.165) is 10.6 Å². The summed E-state index contributed by atoms with van der Waals surface area (Å²) in [5.41, 5.74) is 0.782. The molecular formula is C19H23ClN2O5S. The molecule has 0 saturated heterocycles. The lowest BCUT2D eigenvalue weighted by molar-refractivity contribution is -0.117. The smallest absolute Gasteiger partial charge is 0.248 e. The molecule has 0 aliphatic rings. The van der Waals surface area contributed by atoms with Crippen molar-refractivity contribution < 1.29 is 22.7 Å². The van der Waals surface area contributed by atoms with Crippen molar-refractivity contribution in [3.8, 4) is 11.5 Å². The molecule has 0 radical (unpaired) electrons. The van der Waals surface area contributed by atoms with Crippen molar-refractivity contribution in [3.63, 3.8) is 0 Å². The number of sulfonamides is 1. The Labute approximate surface area is 170 Å². The number of carbonyl (C=O) groups is 1. The molecule has 1 atom stereocenters. The molecule has 0 spiro atoms. The topological polar surface area (TPSA) is 84.9 Å². The quantitative estimate of drug-likeness (QED) is 0.697. The second-order valence-corrected chi connectivity index (χ2v) is 8.29. The first-order valence-corrected chi connectivity index (χ1v) is 10.7. The Hall–Kier alpha value is -2.45. The van der Waals surface area contributed by atoms with Crippen molar-refractivity contribution >= 4 is 38.9 Å². The molecule has 0 fully saturated rings. The van der Waals surface area contributed by atoms with Gasteiger partial charge in [-0.1, -0.05) is 24.6 Å². The van der Waals surface area contributed by atoms with Gasteiger partial charge in [0.2, 0.25) is 15.9 Å². The van der Waals surface area contributed by atoms with Crippen LogP contribution in [0.2, 0.25) is 5.02 Å². The second kappa shape index (κ2) is 9.16. The van der Waals surface area contributed by atoms with Gasteiger partial charge >= 0.3 is 0 Å². The van der Waals surface area contributed by atoms with Crippen LogP contribution in [0.25, 0.3) is 0 Å². The third-order valence-corrected chi connectivity index (χ3v) is 5.53. The van der Waals surface area contributed by atoms with E-state index in [2.05, 4.69) is 5.32 Å². The largest absolute Gasteiger partial charge is 0.497 e. The maximum absolute atomic E-state index is 12.9. The number of nitrogens with zero attached hydrogens (tertiary/aromatic N) is 1. The Balaban J connectivity index is 2.37. The van der Waals surface area contributed by atoms with E-state index in [0.29, 0.717) is 27.9 Å². The minimum Gasteiger partial charge on any atom is -0.497 e. The van der Waals surface area contributed by atoms with E-state index in [1.54, 1.807) is 49.4 Å². The van der Waals surface area contributed by atoms with Crippen molar-refractivity contribution in [2.75, 3.05) is 30.1 Å². The summed E-state index contributed by atoms with van der Waals surface area (Å²) in [6.07, 6.45) is 1.33. The average Bonchev–Trinajstić information content (AvgIpc) is 2.65. The van der Waals surface area contributed by atoms with Gasteiger partial charge < -0.3 is 14.8 Å². The number of halogens is 1. The van der Waals surface area contributed by atoms with Crippen LogP contribution in [0.1, 0.15) is 13.3 Å². The number of nitrogens with one attached hydrogen (secondary N) is 1. The fraction of sp³-hybridized carbons (Fsp3) is 0.316. The lowest BCUT2D eigenvalue weighted by atomic mass is 10.1. The van der Waals surface area contributed by atoms with Crippen molar-refractivity contribution in [3.05, 3.63) is 47.5 Å². The van der Waals surface area contributed by atoms with E-state index in [1.807, 2.05) is 0 Å². The Kier molecular flexibility index (Phi) is 7.15. The van der Waals surface area contributed by atoms with Crippen molar-refractivity contribution in [2.45, 2.75) is 19.4 Å². The van der Waals surface area contributed by atoms with Gasteiger partial charge in [-0.15, -0.1) is 0 Å². The van der Waals surface area contributed by atoms with E-state index in [4.69, 9.17) is 21.1 Å². The standard InChI is InChI=1S/C19H23ClN2O5S/c1-5-17(19(23)21-13-9-10-18(27-3)16(20)11-13)22(28(4,24)25)14-7-6-8-15(12-14)26-2/h6-12,17H,5H2,1-4H3,(H,21,23)/t17-/m1/s1. The molecule has 0 bridgehead atoms. The Bertz CT molecular complexity index is 949. The van der Waals surface area contributed by atoms with E-state index < -0.39 is 22.0 Å². The van der Waals surface area contributed by atoms with Gasteiger partial charge in [0, 0.05) is 11.8 Å². The maximum Gasteiger partial charge on any atom is 0.248 e. The van der Waals surface area contributed by atoms with Crippen LogP contribution in [0.3, 0.4) is 0 Å². The summed E-state index contributed by atoms with van der Waals surface area (Å²) in [4.78, 5) is 12.9. The summed E-state index contributed by atoms with van der Waals surface area (Å²) < 4.78 is 36.3. The predicted molar refractivity (Wildman–Crippen MR) is 111 cm³/mol. The zero-order valence-electron chi connectivity index (χ0n) is 16.1. The summed E-state index contributed by atoms with van der Waals surface area (Å²) in [5, 5.41) is 3.05. The summed E-state index contributed by atoms with van der Waals surface area (Å²) in [6, 6.07) is 10.4. The van der Waals surface area contributed by atoms with Crippen LogP contribution < -0.4 is 19.1 Å². The van der Waals surface area contributed by atoms with E-state index in [9.17, 15) is 13.2 Å². The molecule has 1 N–H and O–H groups in total. The number of anilines is 2. The van der Waals surface area contributed by atoms with Crippen LogP contribution in [0, 0.1) is 0 Å². The van der Waals surface area contributed by atoms with Gasteiger partial charge in [-0.3, -0.25) is 9.10 Å². The van der Waals surface area contributed by atoms with E-state index >= 15 is 0 Å². The second-order valence-electron chi connectivity index (χ2n) is 6.02. The minimum atomic E-state index is -3.74. The highest BCUT2D eigenvalue weighted by molar-refractivity contribution is 7.92. The van der Waals surface area contributed by atoms with Crippen LogP contribution in [0.5, 0.6) is 11.5 Å². The van der Waals surface area contributed by atoms with Crippen LogP contribution in [0.15, 0.2) is 42.5 Å². The molecule has 7 nitrogen and oxygen atoms in total. The SMILES string of the molecule is CC[C@H](C(=O)Nc1ccc(OC)c(Cl)c1)N(c1cccc(OC)c1)S(C)(=O)=O. The lowest BCUT2D eigenvalue weighted by Gasteiger charge is -2.30. The van der Waals surface area contributed by atoms with Gasteiger partial charge in [0.05, 0.1) is 31.2 Å². The number of hydrogen-bond donors (Lipinski definition) is 1. The first-order valence-electron chi connectivity index (χ1n) is 8.49. The summed E-state index contributed by atoms with van der Waals surface area (Å²) in [5.74, 6) is 0.487. The number of ether oxygens (including phenoxy) is 2. The highest BCUT2D eigenvalue weighted by atomic mass is 35.5. The van der Waals surface area contributed by atoms with Gasteiger partial charge in [0.15, 0.2) is 0 Å². The minimum absolute atomic E-state index is 0.264. The van der Waals surface area contributed by atoms with Crippen molar-refractivity contribution in [1.29, 1.82) is 0 Å². The molecule has 2 rings (SSSR count). The molecule has 9 heteroatoms. The predicted octanol–water partition coefficient (Wildman–Crippen LogP) is 3.54.